The van der Waals surface area contributed by atoms with Crippen molar-refractivity contribution in [1.29, 1.82) is 0 Å². The fraction of sp³-hybridized carbons (Fsp3) is 0.467. The summed E-state index contributed by atoms with van der Waals surface area (Å²) in [7, 11) is 0. The topological polar surface area (TPSA) is 41.9 Å². The van der Waals surface area contributed by atoms with Gasteiger partial charge in [-0.15, -0.1) is 0 Å². The lowest BCUT2D eigenvalue weighted by Gasteiger charge is -2.30. The van der Waals surface area contributed by atoms with Crippen LogP contribution in [0.4, 0.5) is 0 Å². The van der Waals surface area contributed by atoms with Crippen LogP contribution in [0.15, 0.2) is 29.4 Å². The summed E-state index contributed by atoms with van der Waals surface area (Å²) in [5.74, 6) is 0.0403. The predicted octanol–water partition coefficient (Wildman–Crippen LogP) is 2.84. The molecule has 0 spiro atoms. The third-order valence-electron chi connectivity index (χ3n) is 3.94. The third-order valence-corrected chi connectivity index (χ3v) is 4.20. The highest BCUT2D eigenvalue weighted by molar-refractivity contribution is 6.30. The van der Waals surface area contributed by atoms with Crippen LogP contribution in [-0.4, -0.2) is 34.9 Å². The minimum Gasteiger partial charge on any atom is -0.373 e. The fourth-order valence-corrected chi connectivity index (χ4v) is 2.91. The van der Waals surface area contributed by atoms with Crippen molar-refractivity contribution in [3.8, 4) is 0 Å². The Hall–Kier alpha value is -1.39. The third kappa shape index (κ3) is 2.34. The summed E-state index contributed by atoms with van der Waals surface area (Å²) in [5.41, 5.74) is 1.41. The van der Waals surface area contributed by atoms with Gasteiger partial charge in [-0.3, -0.25) is 4.79 Å². The summed E-state index contributed by atoms with van der Waals surface area (Å²) in [6, 6.07) is 7.44. The molecule has 0 aromatic heterocycles. The molecule has 0 radical (unpaired) electrons. The van der Waals surface area contributed by atoms with Crippen LogP contribution in [0.5, 0.6) is 0 Å². The molecule has 20 heavy (non-hydrogen) atoms. The monoisotopic (exact) mass is 292 g/mol. The highest BCUT2D eigenvalue weighted by atomic mass is 35.5. The van der Waals surface area contributed by atoms with E-state index in [4.69, 9.17) is 16.3 Å². The van der Waals surface area contributed by atoms with E-state index in [9.17, 15) is 4.79 Å². The SMILES string of the molecule is CC1(C)OCCC1N1N=C(c2ccc(Cl)cc2)CC1=O. The summed E-state index contributed by atoms with van der Waals surface area (Å²) < 4.78 is 5.69. The van der Waals surface area contributed by atoms with E-state index in [0.29, 0.717) is 18.1 Å². The van der Waals surface area contributed by atoms with Gasteiger partial charge >= 0.3 is 0 Å². The maximum absolute atomic E-state index is 12.2. The quantitative estimate of drug-likeness (QED) is 0.841. The van der Waals surface area contributed by atoms with E-state index in [1.807, 2.05) is 38.1 Å². The number of carbonyl (C=O) groups is 1. The molecule has 106 valence electrons. The minimum atomic E-state index is -0.339. The molecule has 1 aromatic carbocycles. The van der Waals surface area contributed by atoms with E-state index in [2.05, 4.69) is 5.10 Å². The molecular formula is C15H17ClN2O2. The van der Waals surface area contributed by atoms with E-state index in [1.54, 1.807) is 5.01 Å². The van der Waals surface area contributed by atoms with Gasteiger partial charge in [0.05, 0.1) is 23.8 Å². The molecule has 1 amide bonds. The van der Waals surface area contributed by atoms with E-state index in [0.717, 1.165) is 17.7 Å². The number of halogens is 1. The van der Waals surface area contributed by atoms with E-state index < -0.39 is 0 Å². The van der Waals surface area contributed by atoms with Crippen molar-refractivity contribution in [2.75, 3.05) is 6.61 Å². The Balaban J connectivity index is 1.87. The largest absolute Gasteiger partial charge is 0.373 e. The number of ether oxygens (including phenoxy) is 1. The molecule has 0 aliphatic carbocycles. The highest BCUT2D eigenvalue weighted by Crippen LogP contribution is 2.32. The molecule has 2 aliphatic rings. The first kappa shape index (κ1) is 13.6. The van der Waals surface area contributed by atoms with Crippen LogP contribution in [0.25, 0.3) is 0 Å². The number of nitrogens with zero attached hydrogens (tertiary/aromatic N) is 2. The molecule has 3 rings (SSSR count). The molecule has 1 saturated heterocycles. The number of rotatable bonds is 2. The predicted molar refractivity (Wildman–Crippen MR) is 77.9 cm³/mol. The van der Waals surface area contributed by atoms with Crippen molar-refractivity contribution in [2.24, 2.45) is 5.10 Å². The first-order valence-electron chi connectivity index (χ1n) is 6.77. The lowest BCUT2D eigenvalue weighted by molar-refractivity contribution is -0.134. The molecule has 2 heterocycles. The number of hydrogen-bond acceptors (Lipinski definition) is 3. The van der Waals surface area contributed by atoms with Crippen molar-refractivity contribution in [3.05, 3.63) is 34.9 Å². The Morgan fingerprint density at radius 2 is 2.05 bits per heavy atom. The van der Waals surface area contributed by atoms with Crippen LogP contribution in [-0.2, 0) is 9.53 Å². The number of benzene rings is 1. The molecule has 5 heteroatoms. The second kappa shape index (κ2) is 4.86. The second-order valence-corrected chi connectivity index (χ2v) is 6.16. The van der Waals surface area contributed by atoms with Gasteiger partial charge in [0.25, 0.3) is 0 Å². The Bertz CT molecular complexity index is 566. The van der Waals surface area contributed by atoms with Crippen LogP contribution in [0.1, 0.15) is 32.3 Å². The smallest absolute Gasteiger partial charge is 0.249 e. The zero-order chi connectivity index (χ0) is 14.3. The molecule has 0 saturated carbocycles. The molecule has 1 fully saturated rings. The lowest BCUT2D eigenvalue weighted by Crippen LogP contribution is -2.45. The summed E-state index contributed by atoms with van der Waals surface area (Å²) >= 11 is 5.88. The molecule has 1 aromatic rings. The summed E-state index contributed by atoms with van der Waals surface area (Å²) in [4.78, 5) is 12.2. The van der Waals surface area contributed by atoms with Gasteiger partial charge in [-0.1, -0.05) is 23.7 Å². The van der Waals surface area contributed by atoms with Gasteiger partial charge in [-0.25, -0.2) is 5.01 Å². The van der Waals surface area contributed by atoms with Gasteiger partial charge in [0, 0.05) is 11.6 Å². The van der Waals surface area contributed by atoms with E-state index >= 15 is 0 Å². The molecule has 1 atom stereocenters. The first-order chi connectivity index (χ1) is 9.47. The lowest BCUT2D eigenvalue weighted by atomic mass is 9.98. The Labute approximate surface area is 123 Å². The number of amides is 1. The Morgan fingerprint density at radius 3 is 2.65 bits per heavy atom. The Kier molecular flexibility index (Phi) is 3.30. The maximum Gasteiger partial charge on any atom is 0.249 e. The Morgan fingerprint density at radius 1 is 1.35 bits per heavy atom. The summed E-state index contributed by atoms with van der Waals surface area (Å²) in [6.45, 7) is 4.69. The average Bonchev–Trinajstić information content (AvgIpc) is 2.93. The second-order valence-electron chi connectivity index (χ2n) is 5.73. The standard InChI is InChI=1S/C15H17ClN2O2/c1-15(2)13(7-8-20-15)18-14(19)9-12(17-18)10-3-5-11(16)6-4-10/h3-6,13H,7-9H2,1-2H3. The molecule has 1 unspecified atom stereocenters. The van der Waals surface area contributed by atoms with Crippen LogP contribution >= 0.6 is 11.6 Å². The zero-order valence-electron chi connectivity index (χ0n) is 11.6. The van der Waals surface area contributed by atoms with Crippen molar-refractivity contribution >= 4 is 23.2 Å². The number of carbonyl (C=O) groups excluding carboxylic acids is 1. The van der Waals surface area contributed by atoms with E-state index in [-0.39, 0.29) is 17.6 Å². The molecular weight excluding hydrogens is 276 g/mol. The van der Waals surface area contributed by atoms with Crippen LogP contribution in [0.2, 0.25) is 5.02 Å². The van der Waals surface area contributed by atoms with Gasteiger partial charge in [-0.05, 0) is 38.0 Å². The number of hydrogen-bond donors (Lipinski definition) is 0. The van der Waals surface area contributed by atoms with Crippen molar-refractivity contribution in [1.82, 2.24) is 5.01 Å². The van der Waals surface area contributed by atoms with Gasteiger partial charge in [0.2, 0.25) is 5.91 Å². The van der Waals surface area contributed by atoms with Gasteiger partial charge in [-0.2, -0.15) is 5.10 Å². The van der Waals surface area contributed by atoms with Crippen molar-refractivity contribution in [3.63, 3.8) is 0 Å². The first-order valence-corrected chi connectivity index (χ1v) is 7.14. The molecule has 2 aliphatic heterocycles. The zero-order valence-corrected chi connectivity index (χ0v) is 12.4. The molecule has 0 bridgehead atoms. The maximum atomic E-state index is 12.2. The van der Waals surface area contributed by atoms with Gasteiger partial charge in [0.1, 0.15) is 0 Å². The van der Waals surface area contributed by atoms with Gasteiger partial charge in [0.15, 0.2) is 0 Å². The van der Waals surface area contributed by atoms with Crippen LogP contribution in [0, 0.1) is 0 Å². The van der Waals surface area contributed by atoms with Crippen molar-refractivity contribution < 1.29 is 9.53 Å². The van der Waals surface area contributed by atoms with Gasteiger partial charge < -0.3 is 4.74 Å². The normalized spacial score (nSPS) is 25.1. The highest BCUT2D eigenvalue weighted by Gasteiger charge is 2.44. The van der Waals surface area contributed by atoms with E-state index in [1.165, 1.54) is 0 Å². The molecule has 4 nitrogen and oxygen atoms in total. The summed E-state index contributed by atoms with van der Waals surface area (Å²) in [6.07, 6.45) is 1.17. The summed E-state index contributed by atoms with van der Waals surface area (Å²) in [5, 5.41) is 6.81. The average molecular weight is 293 g/mol. The number of hydrazone groups is 1. The minimum absolute atomic E-state index is 0.0137. The van der Waals surface area contributed by atoms with Crippen LogP contribution < -0.4 is 0 Å². The van der Waals surface area contributed by atoms with Crippen LogP contribution in [0.3, 0.4) is 0 Å². The van der Waals surface area contributed by atoms with Crippen molar-refractivity contribution in [2.45, 2.75) is 38.3 Å². The fourth-order valence-electron chi connectivity index (χ4n) is 2.79. The molecule has 0 N–H and O–H groups in total.